The third-order valence-corrected chi connectivity index (χ3v) is 4.24. The van der Waals surface area contributed by atoms with Crippen LogP contribution in [0.25, 0.3) is 17.0 Å². The number of pyridine rings is 1. The number of aromatic nitrogens is 3. The van der Waals surface area contributed by atoms with Gasteiger partial charge in [-0.05, 0) is 49.4 Å². The minimum Gasteiger partial charge on any atom is -0.497 e. The summed E-state index contributed by atoms with van der Waals surface area (Å²) in [6.07, 6.45) is 1.89. The second-order valence-electron chi connectivity index (χ2n) is 6.36. The van der Waals surface area contributed by atoms with Crippen LogP contribution >= 0.6 is 0 Å². The van der Waals surface area contributed by atoms with Gasteiger partial charge in [-0.1, -0.05) is 23.8 Å². The first-order chi connectivity index (χ1) is 14.2. The van der Waals surface area contributed by atoms with Crippen LogP contribution in [0.15, 0.2) is 77.7 Å². The molecule has 2 aromatic carbocycles. The molecule has 156 valence electrons. The molecule has 0 saturated carbocycles. The predicted molar refractivity (Wildman–Crippen MR) is 106 cm³/mol. The smallest absolute Gasteiger partial charge is 0.497 e. The minimum absolute atomic E-state index is 0.125. The molecule has 2 aromatic heterocycles. The van der Waals surface area contributed by atoms with Crippen molar-refractivity contribution in [2.75, 3.05) is 7.11 Å². The molecule has 0 bridgehead atoms. The molecule has 0 aliphatic heterocycles. The van der Waals surface area contributed by atoms with Crippen LogP contribution in [0, 0.1) is 6.92 Å². The molecule has 4 rings (SSSR count). The quantitative estimate of drug-likeness (QED) is 0.286. The highest BCUT2D eigenvalue weighted by molar-refractivity contribution is 6.50. The van der Waals surface area contributed by atoms with E-state index in [4.69, 9.17) is 4.74 Å². The van der Waals surface area contributed by atoms with E-state index < -0.39 is 7.25 Å². The van der Waals surface area contributed by atoms with Crippen molar-refractivity contribution in [2.24, 2.45) is 0 Å². The maximum Gasteiger partial charge on any atom is 0.673 e. The van der Waals surface area contributed by atoms with E-state index in [0.717, 1.165) is 28.3 Å². The van der Waals surface area contributed by atoms with E-state index in [1.54, 1.807) is 16.4 Å². The Morgan fingerprint density at radius 3 is 2.00 bits per heavy atom. The summed E-state index contributed by atoms with van der Waals surface area (Å²) in [5, 5.41) is 0. The molecule has 0 atom stereocenters. The first-order valence-electron chi connectivity index (χ1n) is 8.92. The largest absolute Gasteiger partial charge is 0.673 e. The van der Waals surface area contributed by atoms with Crippen LogP contribution in [0.2, 0.25) is 0 Å². The highest BCUT2D eigenvalue weighted by atomic mass is 19.5. The molecule has 0 aliphatic rings. The number of hydrogen-bond donors (Lipinski definition) is 0. The first kappa shape index (κ1) is 21.2. The van der Waals surface area contributed by atoms with Crippen molar-refractivity contribution in [3.05, 3.63) is 89.0 Å². The zero-order valence-corrected chi connectivity index (χ0v) is 16.2. The fourth-order valence-electron chi connectivity index (χ4n) is 2.95. The van der Waals surface area contributed by atoms with Crippen LogP contribution in [0.1, 0.15) is 5.56 Å². The number of hydrogen-bond acceptors (Lipinski definition) is 2. The van der Waals surface area contributed by atoms with Gasteiger partial charge in [0.25, 0.3) is 0 Å². The lowest BCUT2D eigenvalue weighted by Crippen LogP contribution is -2.36. The normalized spacial score (nSPS) is 11.1. The molecule has 0 spiro atoms. The Kier molecular flexibility index (Phi) is 5.95. The Morgan fingerprint density at radius 2 is 1.43 bits per heavy atom. The average molecular weight is 419 g/mol. The number of aryl methyl sites for hydroxylation is 1. The van der Waals surface area contributed by atoms with Gasteiger partial charge in [-0.2, -0.15) is 0 Å². The van der Waals surface area contributed by atoms with E-state index in [9.17, 15) is 22.1 Å². The fraction of sp³-hybridized carbons (Fsp3) is 0.100. The Hall–Kier alpha value is -3.56. The summed E-state index contributed by atoms with van der Waals surface area (Å²) in [5.74, 6) is 0.756. The summed E-state index contributed by atoms with van der Waals surface area (Å²) in [7, 11) is -4.37. The number of methoxy groups -OCH3 is 1. The van der Waals surface area contributed by atoms with Crippen molar-refractivity contribution in [1.82, 2.24) is 9.25 Å². The summed E-state index contributed by atoms with van der Waals surface area (Å²) >= 11 is 0. The Bertz CT molecular complexity index is 1190. The van der Waals surface area contributed by atoms with Gasteiger partial charge in [0.1, 0.15) is 17.6 Å². The van der Waals surface area contributed by atoms with Crippen molar-refractivity contribution in [1.29, 1.82) is 0 Å². The van der Waals surface area contributed by atoms with E-state index in [1.165, 1.54) is 0 Å². The lowest BCUT2D eigenvalue weighted by molar-refractivity contribution is -0.600. The standard InChI is InChI=1S/C20H18N3O2.BF4/c1-15-6-8-17(9-7-15)23-20(24)22(19-5-3-4-14-21(19)23)16-10-12-18(25-2)13-11-16;2-1(3,4)5/h3-14H,1-2H3;/q+1;-1. The highest BCUT2D eigenvalue weighted by Gasteiger charge is 2.23. The number of nitrogens with zero attached hydrogens (tertiary/aromatic N) is 3. The van der Waals surface area contributed by atoms with Crippen molar-refractivity contribution in [2.45, 2.75) is 6.92 Å². The Labute approximate surface area is 169 Å². The second kappa shape index (κ2) is 8.44. The van der Waals surface area contributed by atoms with Crippen molar-refractivity contribution in [3.8, 4) is 17.1 Å². The van der Waals surface area contributed by atoms with E-state index in [0.29, 0.717) is 0 Å². The number of rotatable bonds is 3. The fourth-order valence-corrected chi connectivity index (χ4v) is 2.95. The van der Waals surface area contributed by atoms with Gasteiger partial charge in [-0.15, -0.1) is 13.8 Å². The van der Waals surface area contributed by atoms with Gasteiger partial charge in [0.05, 0.1) is 12.8 Å². The number of halogens is 4. The lowest BCUT2D eigenvalue weighted by Gasteiger charge is -1.99. The van der Waals surface area contributed by atoms with Crippen molar-refractivity contribution in [3.63, 3.8) is 0 Å². The molecule has 0 radical (unpaired) electrons. The monoisotopic (exact) mass is 419 g/mol. The third kappa shape index (κ3) is 4.70. The van der Waals surface area contributed by atoms with Gasteiger partial charge in [0, 0.05) is 6.07 Å². The molecule has 0 aliphatic carbocycles. The zero-order valence-electron chi connectivity index (χ0n) is 16.2. The van der Waals surface area contributed by atoms with Gasteiger partial charge in [-0.3, -0.25) is 0 Å². The number of benzene rings is 2. The Morgan fingerprint density at radius 1 is 0.867 bits per heavy atom. The second-order valence-corrected chi connectivity index (χ2v) is 6.36. The minimum atomic E-state index is -6.00. The van der Waals surface area contributed by atoms with E-state index in [2.05, 4.69) is 0 Å². The van der Waals surface area contributed by atoms with Crippen LogP contribution in [-0.4, -0.2) is 23.6 Å². The third-order valence-electron chi connectivity index (χ3n) is 4.24. The molecule has 4 aromatic rings. The molecule has 0 fully saturated rings. The van der Waals surface area contributed by atoms with E-state index in [-0.39, 0.29) is 5.69 Å². The molecule has 10 heteroatoms. The van der Waals surface area contributed by atoms with Crippen LogP contribution in [0.3, 0.4) is 0 Å². The average Bonchev–Trinajstić information content (AvgIpc) is 2.99. The van der Waals surface area contributed by atoms with Crippen molar-refractivity contribution >= 4 is 12.9 Å². The molecular formula is C20H18BF4N3O2. The van der Waals surface area contributed by atoms with E-state index in [1.807, 2.05) is 84.4 Å². The van der Waals surface area contributed by atoms with Gasteiger partial charge in [0.15, 0.2) is 0 Å². The van der Waals surface area contributed by atoms with Gasteiger partial charge >= 0.3 is 18.6 Å². The SMILES string of the molecule is COc1ccc(-n2c(=O)n(-c3ccc(C)cc3)[n+]3ccccc23)cc1.F[B-](F)(F)F. The number of ether oxygens (including phenoxy) is 1. The predicted octanol–water partition coefficient (Wildman–Crippen LogP) is 3.98. The Balaban J connectivity index is 0.000000461. The van der Waals surface area contributed by atoms with Gasteiger partial charge < -0.3 is 22.0 Å². The van der Waals surface area contributed by atoms with Crippen LogP contribution in [0.5, 0.6) is 5.75 Å². The zero-order chi connectivity index (χ0) is 21.9. The summed E-state index contributed by atoms with van der Waals surface area (Å²) in [6.45, 7) is 2.03. The summed E-state index contributed by atoms with van der Waals surface area (Å²) in [6, 6.07) is 21.1. The molecule has 0 unspecified atom stereocenters. The molecule has 0 amide bonds. The number of fused-ring (bicyclic) bond motifs is 1. The molecule has 5 nitrogen and oxygen atoms in total. The molecule has 0 saturated heterocycles. The van der Waals surface area contributed by atoms with E-state index >= 15 is 0 Å². The topological polar surface area (TPSA) is 40.3 Å². The summed E-state index contributed by atoms with van der Waals surface area (Å²) < 4.78 is 49.4. The summed E-state index contributed by atoms with van der Waals surface area (Å²) in [4.78, 5) is 13.2. The highest BCUT2D eigenvalue weighted by Crippen LogP contribution is 2.15. The maximum atomic E-state index is 13.2. The van der Waals surface area contributed by atoms with Crippen molar-refractivity contribution < 1.29 is 26.5 Å². The van der Waals surface area contributed by atoms with Crippen LogP contribution < -0.4 is 14.9 Å². The molecule has 2 heterocycles. The lowest BCUT2D eigenvalue weighted by atomic mass is 10.2. The first-order valence-corrected chi connectivity index (χ1v) is 8.92. The van der Waals surface area contributed by atoms with Crippen LogP contribution in [0.4, 0.5) is 17.3 Å². The maximum absolute atomic E-state index is 13.2. The van der Waals surface area contributed by atoms with Gasteiger partial charge in [0.2, 0.25) is 0 Å². The van der Waals surface area contributed by atoms with Crippen LogP contribution in [-0.2, 0) is 0 Å². The molecule has 30 heavy (non-hydrogen) atoms. The van der Waals surface area contributed by atoms with Gasteiger partial charge in [-0.25, -0.2) is 4.79 Å². The molecular weight excluding hydrogens is 401 g/mol. The molecule has 0 N–H and O–H groups in total. The summed E-state index contributed by atoms with van der Waals surface area (Å²) in [5.41, 5.74) is 3.43.